The minimum atomic E-state index is -0.209. The molecule has 0 radical (unpaired) electrons. The van der Waals surface area contributed by atoms with Crippen LogP contribution in [0.5, 0.6) is 0 Å². The lowest BCUT2D eigenvalue weighted by Gasteiger charge is -2.36. The molecule has 1 amide bonds. The summed E-state index contributed by atoms with van der Waals surface area (Å²) in [5.41, 5.74) is 3.16. The first-order valence-electron chi connectivity index (χ1n) is 10.1. The number of benzene rings is 2. The first kappa shape index (κ1) is 18.2. The molecule has 3 saturated heterocycles. The van der Waals surface area contributed by atoms with Gasteiger partial charge in [0.2, 0.25) is 0 Å². The van der Waals surface area contributed by atoms with E-state index in [-0.39, 0.29) is 17.8 Å². The fourth-order valence-electron chi connectivity index (χ4n) is 4.72. The number of para-hydroxylation sites is 1. The molecule has 4 heterocycles. The van der Waals surface area contributed by atoms with Crippen LogP contribution in [0, 0.1) is 11.7 Å². The van der Waals surface area contributed by atoms with Crippen LogP contribution >= 0.6 is 0 Å². The Morgan fingerprint density at radius 3 is 2.69 bits per heavy atom. The van der Waals surface area contributed by atoms with Crippen molar-refractivity contribution in [3.8, 4) is 0 Å². The second kappa shape index (κ2) is 7.52. The number of piperidine rings is 1. The van der Waals surface area contributed by atoms with Crippen molar-refractivity contribution in [1.82, 2.24) is 19.8 Å². The van der Waals surface area contributed by atoms with E-state index in [1.807, 2.05) is 35.2 Å². The van der Waals surface area contributed by atoms with E-state index in [9.17, 15) is 9.18 Å². The summed E-state index contributed by atoms with van der Waals surface area (Å²) in [5.74, 6) is 0.299. The van der Waals surface area contributed by atoms with Gasteiger partial charge in [-0.3, -0.25) is 19.7 Å². The molecule has 2 bridgehead atoms. The van der Waals surface area contributed by atoms with Crippen LogP contribution in [0.3, 0.4) is 0 Å². The molecule has 0 unspecified atom stereocenters. The molecule has 0 saturated carbocycles. The number of hydrogen-bond acceptors (Lipinski definition) is 4. The van der Waals surface area contributed by atoms with Gasteiger partial charge >= 0.3 is 0 Å². The smallest absolute Gasteiger partial charge is 0.256 e. The Hall–Kier alpha value is -2.86. The van der Waals surface area contributed by atoms with E-state index in [2.05, 4.69) is 14.9 Å². The van der Waals surface area contributed by atoms with Gasteiger partial charge in [0.05, 0.1) is 11.1 Å². The van der Waals surface area contributed by atoms with E-state index < -0.39 is 0 Å². The quantitative estimate of drug-likeness (QED) is 0.687. The maximum absolute atomic E-state index is 13.5. The van der Waals surface area contributed by atoms with Crippen LogP contribution in [-0.4, -0.2) is 51.4 Å². The van der Waals surface area contributed by atoms with Crippen molar-refractivity contribution >= 4 is 16.9 Å². The standard InChI is InChI=1S/C23H23FN4O/c24-18-7-4-16(5-8-18)12-27-13-17-6-9-19(15-27)28(14-17)23(29)20-2-1-3-21-22(20)26-11-10-25-21/h1-5,7-8,10-11,17,19H,6,9,12-15H2/t17-,19+/m0/s1. The maximum atomic E-state index is 13.5. The number of nitrogens with zero attached hydrogens (tertiary/aromatic N) is 4. The molecule has 0 N–H and O–H groups in total. The van der Waals surface area contributed by atoms with E-state index >= 15 is 0 Å². The van der Waals surface area contributed by atoms with Crippen molar-refractivity contribution in [1.29, 1.82) is 0 Å². The normalized spacial score (nSPS) is 22.0. The summed E-state index contributed by atoms with van der Waals surface area (Å²) in [7, 11) is 0. The van der Waals surface area contributed by atoms with Gasteiger partial charge in [0.1, 0.15) is 11.3 Å². The Labute approximate surface area is 169 Å². The number of rotatable bonds is 3. The Morgan fingerprint density at radius 1 is 1.00 bits per heavy atom. The number of carbonyl (C=O) groups is 1. The van der Waals surface area contributed by atoms with Crippen LogP contribution in [0.15, 0.2) is 54.9 Å². The molecule has 0 spiro atoms. The van der Waals surface area contributed by atoms with Crippen LogP contribution in [0.4, 0.5) is 4.39 Å². The highest BCUT2D eigenvalue weighted by Gasteiger charge is 2.37. The molecule has 3 fully saturated rings. The summed E-state index contributed by atoms with van der Waals surface area (Å²) >= 11 is 0. The molecule has 0 aliphatic carbocycles. The number of carbonyl (C=O) groups excluding carboxylic acids is 1. The van der Waals surface area contributed by atoms with Gasteiger partial charge in [-0.25, -0.2) is 4.39 Å². The number of aromatic nitrogens is 2. The zero-order valence-electron chi connectivity index (χ0n) is 16.2. The summed E-state index contributed by atoms with van der Waals surface area (Å²) in [5, 5.41) is 0. The van der Waals surface area contributed by atoms with Gasteiger partial charge < -0.3 is 4.90 Å². The molecule has 1 aromatic heterocycles. The molecule has 148 valence electrons. The predicted molar refractivity (Wildman–Crippen MR) is 109 cm³/mol. The Balaban J connectivity index is 1.38. The van der Waals surface area contributed by atoms with Crippen LogP contribution in [0.1, 0.15) is 28.8 Å². The maximum Gasteiger partial charge on any atom is 0.256 e. The van der Waals surface area contributed by atoms with Gasteiger partial charge in [-0.05, 0) is 48.6 Å². The molecule has 3 aliphatic heterocycles. The minimum Gasteiger partial charge on any atom is -0.334 e. The predicted octanol–water partition coefficient (Wildman–Crippen LogP) is 3.51. The third-order valence-electron chi connectivity index (χ3n) is 6.10. The van der Waals surface area contributed by atoms with Gasteiger partial charge in [-0.2, -0.15) is 0 Å². The third-order valence-corrected chi connectivity index (χ3v) is 6.10. The second-order valence-electron chi connectivity index (χ2n) is 8.10. The lowest BCUT2D eigenvalue weighted by Crippen LogP contribution is -2.47. The van der Waals surface area contributed by atoms with Crippen molar-refractivity contribution < 1.29 is 9.18 Å². The fourth-order valence-corrected chi connectivity index (χ4v) is 4.72. The summed E-state index contributed by atoms with van der Waals surface area (Å²) in [6.45, 7) is 3.37. The highest BCUT2D eigenvalue weighted by atomic mass is 19.1. The Kier molecular flexibility index (Phi) is 4.72. The number of hydrogen-bond donors (Lipinski definition) is 0. The van der Waals surface area contributed by atoms with Crippen LogP contribution in [0.25, 0.3) is 11.0 Å². The van der Waals surface area contributed by atoms with Crippen molar-refractivity contribution in [2.24, 2.45) is 5.92 Å². The average Bonchev–Trinajstić information content (AvgIpc) is 3.05. The van der Waals surface area contributed by atoms with Crippen LogP contribution < -0.4 is 0 Å². The minimum absolute atomic E-state index is 0.0504. The van der Waals surface area contributed by atoms with Gasteiger partial charge in [0.25, 0.3) is 5.91 Å². The summed E-state index contributed by atoms with van der Waals surface area (Å²) < 4.78 is 13.2. The fraction of sp³-hybridized carbons (Fsp3) is 0.348. The van der Waals surface area contributed by atoms with Crippen LogP contribution in [-0.2, 0) is 6.54 Å². The van der Waals surface area contributed by atoms with Crippen molar-refractivity contribution in [2.75, 3.05) is 19.6 Å². The molecular formula is C23H23FN4O. The monoisotopic (exact) mass is 390 g/mol. The van der Waals surface area contributed by atoms with Gasteiger partial charge in [0, 0.05) is 44.6 Å². The second-order valence-corrected chi connectivity index (χ2v) is 8.10. The molecule has 2 atom stereocenters. The SMILES string of the molecule is O=C(c1cccc2nccnc12)N1C[C@H]2CC[C@@H]1CN(Cc1ccc(F)cc1)C2. The summed E-state index contributed by atoms with van der Waals surface area (Å²) in [6, 6.07) is 12.5. The van der Waals surface area contributed by atoms with Gasteiger partial charge in [-0.15, -0.1) is 0 Å². The van der Waals surface area contributed by atoms with Crippen molar-refractivity contribution in [3.05, 3.63) is 71.8 Å². The van der Waals surface area contributed by atoms with Gasteiger partial charge in [-0.1, -0.05) is 18.2 Å². The lowest BCUT2D eigenvalue weighted by atomic mass is 9.94. The first-order chi connectivity index (χ1) is 14.2. The summed E-state index contributed by atoms with van der Waals surface area (Å²) in [6.07, 6.45) is 5.45. The molecular weight excluding hydrogens is 367 g/mol. The number of halogens is 1. The van der Waals surface area contributed by atoms with Crippen molar-refractivity contribution in [2.45, 2.75) is 25.4 Å². The van der Waals surface area contributed by atoms with E-state index in [0.29, 0.717) is 17.0 Å². The topological polar surface area (TPSA) is 49.3 Å². The lowest BCUT2D eigenvalue weighted by molar-refractivity contribution is 0.0586. The van der Waals surface area contributed by atoms with Gasteiger partial charge in [0.15, 0.2) is 0 Å². The first-order valence-corrected chi connectivity index (χ1v) is 10.1. The average molecular weight is 390 g/mol. The molecule has 3 aliphatic rings. The Morgan fingerprint density at radius 2 is 1.83 bits per heavy atom. The molecule has 29 heavy (non-hydrogen) atoms. The number of fused-ring (bicyclic) bond motifs is 5. The molecule has 5 nitrogen and oxygen atoms in total. The third kappa shape index (κ3) is 3.60. The van der Waals surface area contributed by atoms with E-state index in [1.165, 1.54) is 12.1 Å². The molecule has 2 aromatic carbocycles. The molecule has 6 heteroatoms. The molecule has 3 aromatic rings. The largest absolute Gasteiger partial charge is 0.334 e. The molecule has 6 rings (SSSR count). The zero-order chi connectivity index (χ0) is 19.8. The van der Waals surface area contributed by atoms with E-state index in [0.717, 1.165) is 50.1 Å². The highest BCUT2D eigenvalue weighted by molar-refractivity contribution is 6.04. The van der Waals surface area contributed by atoms with E-state index in [1.54, 1.807) is 12.4 Å². The van der Waals surface area contributed by atoms with E-state index in [4.69, 9.17) is 0 Å². The van der Waals surface area contributed by atoms with Crippen molar-refractivity contribution in [3.63, 3.8) is 0 Å². The number of amides is 1. The highest BCUT2D eigenvalue weighted by Crippen LogP contribution is 2.30. The van der Waals surface area contributed by atoms with Crippen LogP contribution in [0.2, 0.25) is 0 Å². The zero-order valence-corrected chi connectivity index (χ0v) is 16.2. The summed E-state index contributed by atoms with van der Waals surface area (Å²) in [4.78, 5) is 26.7. The Bertz CT molecular complexity index is 1030.